The van der Waals surface area contributed by atoms with Gasteiger partial charge >= 0.3 is 0 Å². The maximum absolute atomic E-state index is 12.5. The standard InChI is InChI=1S/C18H29NO3/c1-6-11-21-16-10-9-15(13-14(16)4)19-17(20)18(5,8-3)22-12-7-2/h9-10,13H,6-8,11-12H2,1-5H3,(H,19,20)/t18-/m1/s1. The van der Waals surface area contributed by atoms with Crippen LogP contribution in [-0.4, -0.2) is 24.7 Å². The summed E-state index contributed by atoms with van der Waals surface area (Å²) in [5, 5.41) is 2.95. The van der Waals surface area contributed by atoms with Crippen LogP contribution in [0, 0.1) is 6.92 Å². The van der Waals surface area contributed by atoms with E-state index in [1.165, 1.54) is 0 Å². The van der Waals surface area contributed by atoms with Crippen LogP contribution in [0.25, 0.3) is 0 Å². The Kier molecular flexibility index (Phi) is 7.39. The minimum Gasteiger partial charge on any atom is -0.493 e. The summed E-state index contributed by atoms with van der Waals surface area (Å²) in [5.41, 5.74) is 0.992. The summed E-state index contributed by atoms with van der Waals surface area (Å²) in [5.74, 6) is 0.755. The fourth-order valence-electron chi connectivity index (χ4n) is 2.02. The number of hydrogen-bond acceptors (Lipinski definition) is 3. The number of amides is 1. The maximum Gasteiger partial charge on any atom is 0.256 e. The van der Waals surface area contributed by atoms with Gasteiger partial charge in [0.05, 0.1) is 6.61 Å². The molecule has 0 fully saturated rings. The van der Waals surface area contributed by atoms with Gasteiger partial charge < -0.3 is 14.8 Å². The van der Waals surface area contributed by atoms with Crippen LogP contribution in [0.1, 0.15) is 52.5 Å². The predicted molar refractivity (Wildman–Crippen MR) is 90.5 cm³/mol. The van der Waals surface area contributed by atoms with Crippen molar-refractivity contribution in [2.24, 2.45) is 0 Å². The molecule has 1 amide bonds. The Bertz CT molecular complexity index is 487. The molecule has 0 bridgehead atoms. The van der Waals surface area contributed by atoms with Crippen LogP contribution in [0.2, 0.25) is 0 Å². The van der Waals surface area contributed by atoms with Crippen molar-refractivity contribution >= 4 is 11.6 Å². The highest BCUT2D eigenvalue weighted by Gasteiger charge is 2.32. The number of carbonyl (C=O) groups excluding carboxylic acids is 1. The summed E-state index contributed by atoms with van der Waals surface area (Å²) in [4.78, 5) is 12.5. The van der Waals surface area contributed by atoms with Crippen LogP contribution in [0.15, 0.2) is 18.2 Å². The average molecular weight is 307 g/mol. The Morgan fingerprint density at radius 2 is 1.86 bits per heavy atom. The van der Waals surface area contributed by atoms with E-state index >= 15 is 0 Å². The summed E-state index contributed by atoms with van der Waals surface area (Å²) < 4.78 is 11.4. The van der Waals surface area contributed by atoms with Crippen molar-refractivity contribution in [2.45, 2.75) is 59.5 Å². The molecule has 1 rings (SSSR count). The molecule has 0 aliphatic rings. The highest BCUT2D eigenvalue weighted by atomic mass is 16.5. The molecule has 0 radical (unpaired) electrons. The van der Waals surface area contributed by atoms with E-state index in [0.29, 0.717) is 19.6 Å². The van der Waals surface area contributed by atoms with Crippen molar-refractivity contribution in [1.82, 2.24) is 0 Å². The normalized spacial score (nSPS) is 13.5. The molecule has 0 saturated heterocycles. The number of nitrogens with one attached hydrogen (secondary N) is 1. The summed E-state index contributed by atoms with van der Waals surface area (Å²) in [6.07, 6.45) is 2.50. The lowest BCUT2D eigenvalue weighted by Crippen LogP contribution is -2.42. The molecule has 0 unspecified atom stereocenters. The molecule has 0 aromatic heterocycles. The van der Waals surface area contributed by atoms with Gasteiger partial charge in [-0.25, -0.2) is 0 Å². The topological polar surface area (TPSA) is 47.6 Å². The van der Waals surface area contributed by atoms with Crippen molar-refractivity contribution < 1.29 is 14.3 Å². The molecular weight excluding hydrogens is 278 g/mol. The van der Waals surface area contributed by atoms with Crippen LogP contribution in [-0.2, 0) is 9.53 Å². The third kappa shape index (κ3) is 5.02. The Morgan fingerprint density at radius 1 is 1.18 bits per heavy atom. The molecule has 0 aliphatic heterocycles. The summed E-state index contributed by atoms with van der Waals surface area (Å²) in [6.45, 7) is 11.2. The monoisotopic (exact) mass is 307 g/mol. The van der Waals surface area contributed by atoms with Gasteiger partial charge in [0, 0.05) is 12.3 Å². The Morgan fingerprint density at radius 3 is 2.41 bits per heavy atom. The number of carbonyl (C=O) groups is 1. The van der Waals surface area contributed by atoms with Gasteiger partial charge in [-0.1, -0.05) is 20.8 Å². The van der Waals surface area contributed by atoms with Gasteiger partial charge in [0.15, 0.2) is 0 Å². The first-order valence-corrected chi connectivity index (χ1v) is 8.15. The summed E-state index contributed by atoms with van der Waals surface area (Å²) >= 11 is 0. The molecule has 4 nitrogen and oxygen atoms in total. The van der Waals surface area contributed by atoms with Gasteiger partial charge in [0.1, 0.15) is 11.4 Å². The first-order valence-electron chi connectivity index (χ1n) is 8.15. The van der Waals surface area contributed by atoms with Crippen molar-refractivity contribution in [2.75, 3.05) is 18.5 Å². The molecule has 0 heterocycles. The van der Waals surface area contributed by atoms with Gasteiger partial charge in [0.25, 0.3) is 5.91 Å². The third-order valence-electron chi connectivity index (χ3n) is 3.67. The quantitative estimate of drug-likeness (QED) is 0.739. The zero-order chi connectivity index (χ0) is 16.6. The van der Waals surface area contributed by atoms with Gasteiger partial charge in [-0.05, 0) is 56.9 Å². The lowest BCUT2D eigenvalue weighted by atomic mass is 10.0. The molecule has 0 spiro atoms. The minimum absolute atomic E-state index is 0.106. The van der Waals surface area contributed by atoms with Crippen LogP contribution in [0.3, 0.4) is 0 Å². The number of ether oxygens (including phenoxy) is 2. The molecule has 124 valence electrons. The molecule has 0 saturated carbocycles. The third-order valence-corrected chi connectivity index (χ3v) is 3.67. The van der Waals surface area contributed by atoms with E-state index in [4.69, 9.17) is 9.47 Å². The molecule has 1 aromatic carbocycles. The Labute approximate surface area is 134 Å². The van der Waals surface area contributed by atoms with Crippen LogP contribution < -0.4 is 10.1 Å². The van der Waals surface area contributed by atoms with Gasteiger partial charge in [0.2, 0.25) is 0 Å². The SMILES string of the molecule is CCCOc1ccc(NC(=O)[C@@](C)(CC)OCCC)cc1C. The van der Waals surface area contributed by atoms with Crippen LogP contribution in [0.5, 0.6) is 5.75 Å². The van der Waals surface area contributed by atoms with Gasteiger partial charge in [-0.15, -0.1) is 0 Å². The van der Waals surface area contributed by atoms with E-state index < -0.39 is 5.60 Å². The van der Waals surface area contributed by atoms with Gasteiger partial charge in [-0.3, -0.25) is 4.79 Å². The average Bonchev–Trinajstić information content (AvgIpc) is 2.51. The van der Waals surface area contributed by atoms with E-state index in [1.807, 2.05) is 45.9 Å². The van der Waals surface area contributed by atoms with Crippen LogP contribution >= 0.6 is 0 Å². The second-order valence-electron chi connectivity index (χ2n) is 5.72. The number of hydrogen-bond donors (Lipinski definition) is 1. The lowest BCUT2D eigenvalue weighted by Gasteiger charge is -2.27. The molecule has 1 atom stereocenters. The highest BCUT2D eigenvalue weighted by Crippen LogP contribution is 2.24. The second-order valence-corrected chi connectivity index (χ2v) is 5.72. The zero-order valence-corrected chi connectivity index (χ0v) is 14.5. The highest BCUT2D eigenvalue weighted by molar-refractivity contribution is 5.97. The number of anilines is 1. The second kappa shape index (κ2) is 8.79. The van der Waals surface area contributed by atoms with Crippen molar-refractivity contribution in [3.05, 3.63) is 23.8 Å². The van der Waals surface area contributed by atoms with Crippen molar-refractivity contribution in [3.63, 3.8) is 0 Å². The Hall–Kier alpha value is -1.55. The summed E-state index contributed by atoms with van der Waals surface area (Å²) in [6, 6.07) is 5.70. The first kappa shape index (κ1) is 18.5. The van der Waals surface area contributed by atoms with E-state index in [-0.39, 0.29) is 5.91 Å². The first-order chi connectivity index (χ1) is 10.5. The van der Waals surface area contributed by atoms with Crippen molar-refractivity contribution in [3.8, 4) is 5.75 Å². The summed E-state index contributed by atoms with van der Waals surface area (Å²) in [7, 11) is 0. The zero-order valence-electron chi connectivity index (χ0n) is 14.5. The molecule has 4 heteroatoms. The molecule has 1 aromatic rings. The molecular formula is C18H29NO3. The van der Waals surface area contributed by atoms with E-state index in [9.17, 15) is 4.79 Å². The smallest absolute Gasteiger partial charge is 0.256 e. The van der Waals surface area contributed by atoms with Crippen LogP contribution in [0.4, 0.5) is 5.69 Å². The largest absolute Gasteiger partial charge is 0.493 e. The van der Waals surface area contributed by atoms with E-state index in [2.05, 4.69) is 12.2 Å². The van der Waals surface area contributed by atoms with E-state index in [0.717, 1.165) is 29.8 Å². The Balaban J connectivity index is 2.76. The predicted octanol–water partition coefficient (Wildman–Crippen LogP) is 4.32. The molecule has 22 heavy (non-hydrogen) atoms. The fraction of sp³-hybridized carbons (Fsp3) is 0.611. The number of rotatable bonds is 9. The maximum atomic E-state index is 12.5. The number of aryl methyl sites for hydroxylation is 1. The molecule has 0 aliphatic carbocycles. The van der Waals surface area contributed by atoms with Gasteiger partial charge in [-0.2, -0.15) is 0 Å². The fourth-order valence-corrected chi connectivity index (χ4v) is 2.02. The minimum atomic E-state index is -0.790. The van der Waals surface area contributed by atoms with Crippen molar-refractivity contribution in [1.29, 1.82) is 0 Å². The van der Waals surface area contributed by atoms with E-state index in [1.54, 1.807) is 0 Å². The molecule has 1 N–H and O–H groups in total. The lowest BCUT2D eigenvalue weighted by molar-refractivity contribution is -0.139. The number of benzene rings is 1.